The van der Waals surface area contributed by atoms with Crippen molar-refractivity contribution in [3.63, 3.8) is 0 Å². The standard InChI is InChI=1S/C17H30N3O8P/c1-2-3-4-5-6-7-8-11-9-20(17(23)19-15(11)18)16-14(22)13(21)12(28-16)10-27-29(24,25)26/h9,12-14,16,21-22H,2-8,10H2,1H3,(H2,18,19,23)(H2,24,25,26)/t12-,13-,14-,16?/m1/s1. The van der Waals surface area contributed by atoms with Gasteiger partial charge in [-0.25, -0.2) is 9.36 Å². The number of nitrogens with zero attached hydrogens (tertiary/aromatic N) is 2. The fourth-order valence-corrected chi connectivity index (χ4v) is 3.60. The van der Waals surface area contributed by atoms with E-state index in [1.54, 1.807) is 0 Å². The highest BCUT2D eigenvalue weighted by atomic mass is 31.2. The molecule has 11 nitrogen and oxygen atoms in total. The molecule has 2 rings (SSSR count). The minimum Gasteiger partial charge on any atom is -0.387 e. The van der Waals surface area contributed by atoms with E-state index in [1.807, 2.05) is 0 Å². The van der Waals surface area contributed by atoms with E-state index in [0.717, 1.165) is 30.3 Å². The van der Waals surface area contributed by atoms with Gasteiger partial charge in [0.15, 0.2) is 6.23 Å². The Morgan fingerprint density at radius 1 is 1.21 bits per heavy atom. The predicted octanol–water partition coefficient (Wildman–Crippen LogP) is 0.457. The van der Waals surface area contributed by atoms with Gasteiger partial charge in [-0.2, -0.15) is 4.98 Å². The summed E-state index contributed by atoms with van der Waals surface area (Å²) in [6, 6.07) is 0. The molecule has 1 aromatic rings. The zero-order valence-corrected chi connectivity index (χ0v) is 17.3. The van der Waals surface area contributed by atoms with E-state index >= 15 is 0 Å². The predicted molar refractivity (Wildman–Crippen MR) is 104 cm³/mol. The van der Waals surface area contributed by atoms with Gasteiger partial charge in [-0.05, 0) is 12.8 Å². The molecule has 0 bridgehead atoms. The van der Waals surface area contributed by atoms with E-state index in [2.05, 4.69) is 16.4 Å². The smallest absolute Gasteiger partial charge is 0.387 e. The van der Waals surface area contributed by atoms with Crippen LogP contribution in [0.25, 0.3) is 0 Å². The van der Waals surface area contributed by atoms with Crippen molar-refractivity contribution < 1.29 is 33.8 Å². The summed E-state index contributed by atoms with van der Waals surface area (Å²) in [6.07, 6.45) is 3.05. The first-order valence-corrected chi connectivity index (χ1v) is 11.3. The van der Waals surface area contributed by atoms with E-state index in [0.29, 0.717) is 12.0 Å². The molecule has 6 N–H and O–H groups in total. The molecule has 4 atom stereocenters. The summed E-state index contributed by atoms with van der Waals surface area (Å²) in [6.45, 7) is 1.50. The van der Waals surface area contributed by atoms with Crippen LogP contribution in [-0.2, 0) is 20.2 Å². The van der Waals surface area contributed by atoms with E-state index in [9.17, 15) is 19.6 Å². The van der Waals surface area contributed by atoms with Gasteiger partial charge in [-0.3, -0.25) is 9.09 Å². The van der Waals surface area contributed by atoms with Gasteiger partial charge in [0, 0.05) is 11.8 Å². The molecule has 1 aliphatic heterocycles. The van der Waals surface area contributed by atoms with Crippen molar-refractivity contribution in [3.05, 3.63) is 22.2 Å². The van der Waals surface area contributed by atoms with Gasteiger partial charge in [0.1, 0.15) is 24.1 Å². The molecular weight excluding hydrogens is 405 g/mol. The molecule has 0 amide bonds. The normalized spacial score (nSPS) is 24.9. The molecule has 166 valence electrons. The molecule has 0 aliphatic carbocycles. The van der Waals surface area contributed by atoms with Crippen LogP contribution >= 0.6 is 7.82 Å². The van der Waals surface area contributed by atoms with Gasteiger partial charge < -0.3 is 30.5 Å². The summed E-state index contributed by atoms with van der Waals surface area (Å²) in [7, 11) is -4.77. The highest BCUT2D eigenvalue weighted by molar-refractivity contribution is 7.46. The second-order valence-corrected chi connectivity index (χ2v) is 8.43. The lowest BCUT2D eigenvalue weighted by molar-refractivity contribution is -0.0543. The van der Waals surface area contributed by atoms with Crippen molar-refractivity contribution in [3.8, 4) is 0 Å². The Morgan fingerprint density at radius 3 is 2.52 bits per heavy atom. The molecule has 29 heavy (non-hydrogen) atoms. The van der Waals surface area contributed by atoms with Crippen molar-refractivity contribution in [2.75, 3.05) is 12.3 Å². The van der Waals surface area contributed by atoms with Crippen LogP contribution in [0.5, 0.6) is 0 Å². The van der Waals surface area contributed by atoms with Crippen molar-refractivity contribution in [1.29, 1.82) is 0 Å². The molecule has 1 aromatic heterocycles. The first-order valence-electron chi connectivity index (χ1n) is 9.73. The van der Waals surface area contributed by atoms with Crippen molar-refractivity contribution in [2.24, 2.45) is 0 Å². The maximum Gasteiger partial charge on any atom is 0.469 e. The first-order chi connectivity index (χ1) is 13.6. The molecule has 0 spiro atoms. The highest BCUT2D eigenvalue weighted by Crippen LogP contribution is 2.38. The number of phosphoric acid groups is 1. The number of phosphoric ester groups is 1. The van der Waals surface area contributed by atoms with Crippen molar-refractivity contribution in [1.82, 2.24) is 9.55 Å². The van der Waals surface area contributed by atoms with Crippen LogP contribution in [0, 0.1) is 0 Å². The maximum absolute atomic E-state index is 12.2. The van der Waals surface area contributed by atoms with Gasteiger partial charge in [0.05, 0.1) is 6.61 Å². The Morgan fingerprint density at radius 2 is 1.86 bits per heavy atom. The molecule has 1 fully saturated rings. The second-order valence-electron chi connectivity index (χ2n) is 7.19. The summed E-state index contributed by atoms with van der Waals surface area (Å²) in [5.74, 6) is 0.106. The van der Waals surface area contributed by atoms with E-state index < -0.39 is 44.7 Å². The summed E-state index contributed by atoms with van der Waals surface area (Å²) in [4.78, 5) is 33.6. The van der Waals surface area contributed by atoms with Gasteiger partial charge in [-0.15, -0.1) is 0 Å². The minimum absolute atomic E-state index is 0.106. The lowest BCUT2D eigenvalue weighted by Crippen LogP contribution is -2.36. The molecular formula is C17H30N3O8P. The quantitative estimate of drug-likeness (QED) is 0.242. The van der Waals surface area contributed by atoms with Crippen molar-refractivity contribution in [2.45, 2.75) is 76.4 Å². The molecule has 0 radical (unpaired) electrons. The maximum atomic E-state index is 12.2. The number of rotatable bonds is 11. The number of aliphatic hydroxyl groups excluding tert-OH is 2. The fraction of sp³-hybridized carbons (Fsp3) is 0.765. The van der Waals surface area contributed by atoms with Crippen LogP contribution in [0.4, 0.5) is 5.82 Å². The molecule has 1 unspecified atom stereocenters. The third kappa shape index (κ3) is 6.85. The average molecular weight is 435 g/mol. The monoisotopic (exact) mass is 435 g/mol. The molecule has 0 aromatic carbocycles. The minimum atomic E-state index is -4.77. The lowest BCUT2D eigenvalue weighted by Gasteiger charge is -2.18. The first kappa shape index (κ1) is 23.9. The average Bonchev–Trinajstić information content (AvgIpc) is 2.92. The Hall–Kier alpha value is -1.33. The summed E-state index contributed by atoms with van der Waals surface area (Å²) in [5.41, 5.74) is 5.72. The zero-order valence-electron chi connectivity index (χ0n) is 16.4. The van der Waals surface area contributed by atoms with E-state index in [-0.39, 0.29) is 5.82 Å². The Labute approximate surface area is 168 Å². The number of unbranched alkanes of at least 4 members (excludes halogenated alkanes) is 5. The van der Waals surface area contributed by atoms with Gasteiger partial charge in [0.25, 0.3) is 0 Å². The number of aliphatic hydroxyl groups is 2. The molecule has 12 heteroatoms. The third-order valence-corrected chi connectivity index (χ3v) is 5.36. The van der Waals surface area contributed by atoms with Crippen LogP contribution in [0.1, 0.15) is 57.2 Å². The number of aryl methyl sites for hydroxylation is 1. The van der Waals surface area contributed by atoms with Crippen LogP contribution in [0.3, 0.4) is 0 Å². The summed E-state index contributed by atoms with van der Waals surface area (Å²) in [5, 5.41) is 20.3. The number of aromatic nitrogens is 2. The van der Waals surface area contributed by atoms with Crippen LogP contribution in [0.2, 0.25) is 0 Å². The number of hydrogen-bond acceptors (Lipinski definition) is 8. The van der Waals surface area contributed by atoms with E-state index in [1.165, 1.54) is 19.0 Å². The Balaban J connectivity index is 2.07. The summed E-state index contributed by atoms with van der Waals surface area (Å²) >= 11 is 0. The number of anilines is 1. The van der Waals surface area contributed by atoms with Gasteiger partial charge in [0.2, 0.25) is 0 Å². The Bertz CT molecular complexity index is 768. The molecule has 0 saturated carbocycles. The van der Waals surface area contributed by atoms with Crippen LogP contribution in [0.15, 0.2) is 11.0 Å². The number of ether oxygens (including phenoxy) is 1. The number of nitrogen functional groups attached to an aromatic ring is 1. The van der Waals surface area contributed by atoms with E-state index in [4.69, 9.17) is 20.3 Å². The fourth-order valence-electron chi connectivity index (χ4n) is 3.26. The third-order valence-electron chi connectivity index (χ3n) is 4.88. The van der Waals surface area contributed by atoms with Crippen molar-refractivity contribution >= 4 is 13.6 Å². The molecule has 2 heterocycles. The number of nitrogens with two attached hydrogens (primary N) is 1. The topological polar surface area (TPSA) is 177 Å². The SMILES string of the molecule is CCCCCCCCc1cn(C2O[C@H](COP(=O)(O)O)[C@@H](O)[C@H]2O)c(=O)nc1N. The highest BCUT2D eigenvalue weighted by Gasteiger charge is 2.45. The van der Waals surface area contributed by atoms with Crippen LogP contribution < -0.4 is 11.4 Å². The van der Waals surface area contributed by atoms with Crippen LogP contribution in [-0.4, -0.2) is 54.5 Å². The zero-order chi connectivity index (χ0) is 21.6. The Kier molecular flexibility index (Phi) is 8.77. The number of hydrogen-bond donors (Lipinski definition) is 5. The van der Waals surface area contributed by atoms with Gasteiger partial charge in [-0.1, -0.05) is 39.0 Å². The van der Waals surface area contributed by atoms with Gasteiger partial charge >= 0.3 is 13.5 Å². The molecule has 1 saturated heterocycles. The molecule has 1 aliphatic rings. The lowest BCUT2D eigenvalue weighted by atomic mass is 10.1. The largest absolute Gasteiger partial charge is 0.469 e. The second kappa shape index (κ2) is 10.6. The summed E-state index contributed by atoms with van der Waals surface area (Å²) < 4.78 is 21.6.